The van der Waals surface area contributed by atoms with Gasteiger partial charge in [-0.15, -0.1) is 0 Å². The average Bonchev–Trinajstić information content (AvgIpc) is 2.70. The molecule has 3 aromatic rings. The van der Waals surface area contributed by atoms with Gasteiger partial charge >= 0.3 is 0 Å². The second-order valence-electron chi connectivity index (χ2n) is 6.83. The molecule has 5 nitrogen and oxygen atoms in total. The lowest BCUT2D eigenvalue weighted by molar-refractivity contribution is 0.0715. The number of halogens is 2. The molecule has 1 fully saturated rings. The zero-order valence-electron chi connectivity index (χ0n) is 15.2. The van der Waals surface area contributed by atoms with Gasteiger partial charge in [0, 0.05) is 48.0 Å². The second kappa shape index (κ2) is 7.49. The van der Waals surface area contributed by atoms with E-state index in [2.05, 4.69) is 4.90 Å². The van der Waals surface area contributed by atoms with E-state index >= 15 is 0 Å². The van der Waals surface area contributed by atoms with Gasteiger partial charge in [-0.1, -0.05) is 29.3 Å². The van der Waals surface area contributed by atoms with Crippen LogP contribution >= 0.6 is 23.2 Å². The Hall–Kier alpha value is -2.50. The maximum absolute atomic E-state index is 12.9. The van der Waals surface area contributed by atoms with Gasteiger partial charge in [-0.05, 0) is 42.8 Å². The third kappa shape index (κ3) is 3.60. The maximum Gasteiger partial charge on any atom is 0.289 e. The standard InChI is InChI=1S/C21H18Cl2N2O3/c1-13-2-3-15(23)11-17(13)24-6-8-25(9-7-24)21(27)20-12-18(26)16-10-14(22)4-5-19(16)28-20/h2-5,10-12H,6-9H2,1H3. The van der Waals surface area contributed by atoms with E-state index < -0.39 is 0 Å². The molecule has 0 N–H and O–H groups in total. The SMILES string of the molecule is Cc1ccc(Cl)cc1N1CCN(C(=O)c2cc(=O)c3cc(Cl)ccc3o2)CC1. The first-order valence-corrected chi connectivity index (χ1v) is 9.72. The van der Waals surface area contributed by atoms with Gasteiger partial charge in [0.1, 0.15) is 5.58 Å². The molecule has 1 aliphatic heterocycles. The average molecular weight is 417 g/mol. The molecule has 0 spiro atoms. The predicted molar refractivity (Wildman–Crippen MR) is 112 cm³/mol. The number of piperazine rings is 1. The van der Waals surface area contributed by atoms with Crippen LogP contribution in [0.3, 0.4) is 0 Å². The van der Waals surface area contributed by atoms with Gasteiger partial charge in [-0.2, -0.15) is 0 Å². The molecule has 2 aromatic carbocycles. The predicted octanol–water partition coefficient (Wildman–Crippen LogP) is 4.37. The summed E-state index contributed by atoms with van der Waals surface area (Å²) in [5.74, 6) is -0.233. The van der Waals surface area contributed by atoms with Gasteiger partial charge in [0.25, 0.3) is 5.91 Å². The van der Waals surface area contributed by atoms with Crippen LogP contribution in [0, 0.1) is 6.92 Å². The zero-order valence-corrected chi connectivity index (χ0v) is 16.8. The summed E-state index contributed by atoms with van der Waals surface area (Å²) in [5, 5.41) is 1.51. The van der Waals surface area contributed by atoms with E-state index in [1.165, 1.54) is 6.07 Å². The van der Waals surface area contributed by atoms with Gasteiger partial charge in [0.2, 0.25) is 0 Å². The van der Waals surface area contributed by atoms with Crippen molar-refractivity contribution in [2.24, 2.45) is 0 Å². The number of carbonyl (C=O) groups excluding carboxylic acids is 1. The van der Waals surface area contributed by atoms with Gasteiger partial charge in [0.15, 0.2) is 11.2 Å². The minimum Gasteiger partial charge on any atom is -0.451 e. The van der Waals surface area contributed by atoms with E-state index in [0.717, 1.165) is 11.3 Å². The summed E-state index contributed by atoms with van der Waals surface area (Å²) in [7, 11) is 0. The van der Waals surface area contributed by atoms with Crippen molar-refractivity contribution in [2.45, 2.75) is 6.92 Å². The number of anilines is 1. The summed E-state index contributed by atoms with van der Waals surface area (Å²) in [6.07, 6.45) is 0. The van der Waals surface area contributed by atoms with E-state index in [1.54, 1.807) is 23.1 Å². The van der Waals surface area contributed by atoms with E-state index in [4.69, 9.17) is 27.6 Å². The van der Waals surface area contributed by atoms with Crippen molar-refractivity contribution in [3.8, 4) is 0 Å². The quantitative estimate of drug-likeness (QED) is 0.622. The van der Waals surface area contributed by atoms with E-state index in [0.29, 0.717) is 47.2 Å². The molecule has 4 rings (SSSR count). The van der Waals surface area contributed by atoms with Crippen molar-refractivity contribution in [3.63, 3.8) is 0 Å². The largest absolute Gasteiger partial charge is 0.451 e. The lowest BCUT2D eigenvalue weighted by atomic mass is 10.1. The van der Waals surface area contributed by atoms with Crippen LogP contribution in [0.25, 0.3) is 11.0 Å². The molecule has 2 heterocycles. The Balaban J connectivity index is 1.53. The molecule has 144 valence electrons. The number of hydrogen-bond donors (Lipinski definition) is 0. The number of rotatable bonds is 2. The zero-order chi connectivity index (χ0) is 19.8. The molecule has 0 bridgehead atoms. The number of carbonyl (C=O) groups is 1. The number of amides is 1. The Kier molecular flexibility index (Phi) is 5.04. The van der Waals surface area contributed by atoms with Crippen molar-refractivity contribution >= 4 is 45.8 Å². The van der Waals surface area contributed by atoms with Crippen LogP contribution < -0.4 is 10.3 Å². The molecule has 28 heavy (non-hydrogen) atoms. The number of aryl methyl sites for hydroxylation is 1. The van der Waals surface area contributed by atoms with Crippen molar-refractivity contribution in [2.75, 3.05) is 31.1 Å². The van der Waals surface area contributed by atoms with Crippen LogP contribution in [0.2, 0.25) is 10.0 Å². The number of benzene rings is 2. The Morgan fingerprint density at radius 3 is 2.39 bits per heavy atom. The molecule has 0 saturated carbocycles. The highest BCUT2D eigenvalue weighted by atomic mass is 35.5. The van der Waals surface area contributed by atoms with Crippen molar-refractivity contribution < 1.29 is 9.21 Å². The number of hydrogen-bond acceptors (Lipinski definition) is 4. The minimum absolute atomic E-state index is 0.0483. The third-order valence-electron chi connectivity index (χ3n) is 4.98. The third-order valence-corrected chi connectivity index (χ3v) is 5.45. The Labute approximate surface area is 172 Å². The molecule has 1 aliphatic rings. The summed E-state index contributed by atoms with van der Waals surface area (Å²) in [4.78, 5) is 29.1. The maximum atomic E-state index is 12.9. The smallest absolute Gasteiger partial charge is 0.289 e. The summed E-state index contributed by atoms with van der Waals surface area (Å²) in [5.41, 5.74) is 2.30. The first-order chi connectivity index (χ1) is 13.4. The minimum atomic E-state index is -0.281. The molecule has 0 unspecified atom stereocenters. The highest BCUT2D eigenvalue weighted by Crippen LogP contribution is 2.26. The molecular weight excluding hydrogens is 399 g/mol. The normalized spacial score (nSPS) is 14.5. The molecular formula is C21H18Cl2N2O3. The fourth-order valence-corrected chi connectivity index (χ4v) is 3.80. The lowest BCUT2D eigenvalue weighted by Gasteiger charge is -2.36. The molecule has 0 aliphatic carbocycles. The first-order valence-electron chi connectivity index (χ1n) is 8.96. The van der Waals surface area contributed by atoms with Crippen molar-refractivity contribution in [1.82, 2.24) is 4.90 Å². The topological polar surface area (TPSA) is 53.8 Å². The second-order valence-corrected chi connectivity index (χ2v) is 7.70. The molecule has 0 atom stereocenters. The van der Waals surface area contributed by atoms with Crippen LogP contribution in [0.1, 0.15) is 16.1 Å². The van der Waals surface area contributed by atoms with Gasteiger partial charge in [-0.3, -0.25) is 9.59 Å². The number of nitrogens with zero attached hydrogens (tertiary/aromatic N) is 2. The number of fused-ring (bicyclic) bond motifs is 1. The highest BCUT2D eigenvalue weighted by Gasteiger charge is 2.25. The van der Waals surface area contributed by atoms with Crippen LogP contribution in [-0.2, 0) is 0 Å². The molecule has 7 heteroatoms. The van der Waals surface area contributed by atoms with E-state index in [-0.39, 0.29) is 17.1 Å². The fourth-order valence-electron chi connectivity index (χ4n) is 3.46. The summed E-state index contributed by atoms with van der Waals surface area (Å²) < 4.78 is 5.68. The van der Waals surface area contributed by atoms with Crippen LogP contribution in [0.5, 0.6) is 0 Å². The fraction of sp³-hybridized carbons (Fsp3) is 0.238. The van der Waals surface area contributed by atoms with Crippen LogP contribution in [0.4, 0.5) is 5.69 Å². The van der Waals surface area contributed by atoms with Crippen molar-refractivity contribution in [3.05, 3.63) is 74.1 Å². The highest BCUT2D eigenvalue weighted by molar-refractivity contribution is 6.31. The summed E-state index contributed by atoms with van der Waals surface area (Å²) in [6.45, 7) is 4.47. The van der Waals surface area contributed by atoms with Crippen LogP contribution in [-0.4, -0.2) is 37.0 Å². The van der Waals surface area contributed by atoms with Gasteiger partial charge in [-0.25, -0.2) is 0 Å². The summed E-state index contributed by atoms with van der Waals surface area (Å²) in [6, 6.07) is 11.8. The van der Waals surface area contributed by atoms with Gasteiger partial charge < -0.3 is 14.2 Å². The molecule has 1 saturated heterocycles. The van der Waals surface area contributed by atoms with E-state index in [1.807, 2.05) is 25.1 Å². The Bertz CT molecular complexity index is 1120. The molecule has 1 amide bonds. The van der Waals surface area contributed by atoms with E-state index in [9.17, 15) is 9.59 Å². The van der Waals surface area contributed by atoms with Crippen LogP contribution in [0.15, 0.2) is 51.7 Å². The van der Waals surface area contributed by atoms with Crippen molar-refractivity contribution in [1.29, 1.82) is 0 Å². The monoisotopic (exact) mass is 416 g/mol. The lowest BCUT2D eigenvalue weighted by Crippen LogP contribution is -2.49. The molecule has 1 aromatic heterocycles. The Morgan fingerprint density at radius 1 is 0.964 bits per heavy atom. The first kappa shape index (κ1) is 18.8. The summed E-state index contributed by atoms with van der Waals surface area (Å²) >= 11 is 12.1. The Morgan fingerprint density at radius 2 is 1.64 bits per heavy atom. The molecule has 0 radical (unpaired) electrons. The van der Waals surface area contributed by atoms with Gasteiger partial charge in [0.05, 0.1) is 5.39 Å².